The summed E-state index contributed by atoms with van der Waals surface area (Å²) in [7, 11) is 0. The highest BCUT2D eigenvalue weighted by atomic mass is 79.9. The molecule has 2 rings (SSSR count). The van der Waals surface area contributed by atoms with E-state index in [0.717, 1.165) is 6.42 Å². The van der Waals surface area contributed by atoms with E-state index in [9.17, 15) is 14.3 Å². The minimum Gasteiger partial charge on any atom is -0.386 e. The summed E-state index contributed by atoms with van der Waals surface area (Å²) in [4.78, 5) is 13.6. The lowest BCUT2D eigenvalue weighted by atomic mass is 9.88. The smallest absolute Gasteiger partial charge is 0.258 e. The van der Waals surface area contributed by atoms with Crippen LogP contribution in [0.1, 0.15) is 30.1 Å². The third-order valence-corrected chi connectivity index (χ3v) is 3.81. The molecule has 0 unspecified atom stereocenters. The number of carbonyl (C=O) groups is 1. The van der Waals surface area contributed by atoms with Gasteiger partial charge in [0.15, 0.2) is 0 Å². The number of rotatable bonds is 3. The van der Waals surface area contributed by atoms with E-state index in [1.807, 2.05) is 6.92 Å². The number of hydrogen-bond donors (Lipinski definition) is 1. The maximum Gasteiger partial charge on any atom is 0.258 e. The number of amides is 1. The second-order valence-electron chi connectivity index (χ2n) is 4.73. The minimum absolute atomic E-state index is 0.0380. The predicted octanol–water partition coefficient (Wildman–Crippen LogP) is 2.58. The van der Waals surface area contributed by atoms with Gasteiger partial charge in [0.25, 0.3) is 5.91 Å². The standard InChI is InChI=1S/C13H15BrFNO2/c1-2-6-13(18)7-16(8-13)12(17)11-9(14)4-3-5-10(11)15/h3-5,18H,2,6-8H2,1H3. The van der Waals surface area contributed by atoms with Gasteiger partial charge in [0, 0.05) is 4.47 Å². The second kappa shape index (κ2) is 4.97. The number of likely N-dealkylation sites (tertiary alicyclic amines) is 1. The summed E-state index contributed by atoms with van der Waals surface area (Å²) >= 11 is 3.18. The molecule has 1 heterocycles. The Labute approximate surface area is 114 Å². The zero-order valence-corrected chi connectivity index (χ0v) is 11.7. The van der Waals surface area contributed by atoms with Gasteiger partial charge in [-0.3, -0.25) is 4.79 Å². The van der Waals surface area contributed by atoms with E-state index in [4.69, 9.17) is 0 Å². The van der Waals surface area contributed by atoms with E-state index in [0.29, 0.717) is 10.9 Å². The van der Waals surface area contributed by atoms with Crippen LogP contribution in [-0.2, 0) is 0 Å². The van der Waals surface area contributed by atoms with Gasteiger partial charge in [-0.25, -0.2) is 4.39 Å². The van der Waals surface area contributed by atoms with Gasteiger partial charge in [-0.15, -0.1) is 0 Å². The largest absolute Gasteiger partial charge is 0.386 e. The molecule has 0 spiro atoms. The molecule has 98 valence electrons. The SMILES string of the molecule is CCCC1(O)CN(C(=O)c2c(F)cccc2Br)C1. The van der Waals surface area contributed by atoms with Crippen molar-refractivity contribution in [2.45, 2.75) is 25.4 Å². The lowest BCUT2D eigenvalue weighted by molar-refractivity contribution is -0.0861. The number of hydrogen-bond acceptors (Lipinski definition) is 2. The van der Waals surface area contributed by atoms with Crippen molar-refractivity contribution >= 4 is 21.8 Å². The Bertz CT molecular complexity index is 452. The normalized spacial score (nSPS) is 17.4. The highest BCUT2D eigenvalue weighted by Crippen LogP contribution is 2.29. The monoisotopic (exact) mass is 315 g/mol. The molecule has 0 atom stereocenters. The van der Waals surface area contributed by atoms with Crippen molar-refractivity contribution in [3.8, 4) is 0 Å². The van der Waals surface area contributed by atoms with E-state index in [1.54, 1.807) is 12.1 Å². The van der Waals surface area contributed by atoms with Crippen LogP contribution in [0.4, 0.5) is 4.39 Å². The summed E-state index contributed by atoms with van der Waals surface area (Å²) in [6.07, 6.45) is 1.52. The molecule has 1 N–H and O–H groups in total. The maximum atomic E-state index is 13.6. The molecule has 1 aliphatic rings. The second-order valence-corrected chi connectivity index (χ2v) is 5.59. The van der Waals surface area contributed by atoms with Crippen LogP contribution in [0.25, 0.3) is 0 Å². The number of aliphatic hydroxyl groups is 1. The molecule has 18 heavy (non-hydrogen) atoms. The van der Waals surface area contributed by atoms with E-state index in [1.165, 1.54) is 11.0 Å². The molecule has 1 aliphatic heterocycles. The Hall–Kier alpha value is -0.940. The molecule has 1 amide bonds. The van der Waals surface area contributed by atoms with Crippen molar-refractivity contribution in [3.05, 3.63) is 34.1 Å². The van der Waals surface area contributed by atoms with Crippen molar-refractivity contribution in [1.82, 2.24) is 4.90 Å². The van der Waals surface area contributed by atoms with Crippen LogP contribution in [0.3, 0.4) is 0 Å². The minimum atomic E-state index is -0.790. The predicted molar refractivity (Wildman–Crippen MR) is 69.9 cm³/mol. The Morgan fingerprint density at radius 2 is 2.22 bits per heavy atom. The van der Waals surface area contributed by atoms with Gasteiger partial charge in [0.05, 0.1) is 24.3 Å². The van der Waals surface area contributed by atoms with Crippen LogP contribution < -0.4 is 0 Å². The van der Waals surface area contributed by atoms with Crippen LogP contribution in [0.2, 0.25) is 0 Å². The molecule has 5 heteroatoms. The van der Waals surface area contributed by atoms with Crippen molar-refractivity contribution in [2.75, 3.05) is 13.1 Å². The fourth-order valence-corrected chi connectivity index (χ4v) is 2.80. The van der Waals surface area contributed by atoms with Gasteiger partial charge in [0.1, 0.15) is 5.82 Å². The molecule has 0 bridgehead atoms. The maximum absolute atomic E-state index is 13.6. The fourth-order valence-electron chi connectivity index (χ4n) is 2.29. The molecular weight excluding hydrogens is 301 g/mol. The molecule has 0 aliphatic carbocycles. The third-order valence-electron chi connectivity index (χ3n) is 3.15. The molecular formula is C13H15BrFNO2. The summed E-state index contributed by atoms with van der Waals surface area (Å²) in [5.41, 5.74) is -0.752. The first-order chi connectivity index (χ1) is 8.47. The number of β-amino-alcohol motifs (C(OH)–C–C–N with tert-alkyl or cyclic N) is 1. The van der Waals surface area contributed by atoms with Crippen LogP contribution in [0.5, 0.6) is 0 Å². The van der Waals surface area contributed by atoms with E-state index < -0.39 is 11.4 Å². The summed E-state index contributed by atoms with van der Waals surface area (Å²) < 4.78 is 14.1. The number of nitrogens with zero attached hydrogens (tertiary/aromatic N) is 1. The zero-order chi connectivity index (χ0) is 13.3. The highest BCUT2D eigenvalue weighted by Gasteiger charge is 2.43. The van der Waals surface area contributed by atoms with Gasteiger partial charge >= 0.3 is 0 Å². The Kier molecular flexibility index (Phi) is 3.73. The summed E-state index contributed by atoms with van der Waals surface area (Å²) in [6, 6.07) is 4.43. The molecule has 0 aromatic heterocycles. The quantitative estimate of drug-likeness (QED) is 0.931. The molecule has 0 radical (unpaired) electrons. The first-order valence-corrected chi connectivity index (χ1v) is 6.72. The molecule has 1 fully saturated rings. The molecule has 3 nitrogen and oxygen atoms in total. The van der Waals surface area contributed by atoms with Gasteiger partial charge < -0.3 is 10.0 Å². The lowest BCUT2D eigenvalue weighted by Gasteiger charge is -2.46. The lowest BCUT2D eigenvalue weighted by Crippen LogP contribution is -2.63. The summed E-state index contributed by atoms with van der Waals surface area (Å²) in [5.74, 6) is -0.916. The highest BCUT2D eigenvalue weighted by molar-refractivity contribution is 9.10. The zero-order valence-electron chi connectivity index (χ0n) is 10.1. The van der Waals surface area contributed by atoms with E-state index in [2.05, 4.69) is 15.9 Å². The Balaban J connectivity index is 2.11. The number of halogens is 2. The first kappa shape index (κ1) is 13.5. The van der Waals surface area contributed by atoms with Gasteiger partial charge in [-0.1, -0.05) is 19.4 Å². The van der Waals surface area contributed by atoms with Crippen molar-refractivity contribution in [1.29, 1.82) is 0 Å². The third kappa shape index (κ3) is 2.42. The van der Waals surface area contributed by atoms with Crippen LogP contribution in [0, 0.1) is 5.82 Å². The van der Waals surface area contributed by atoms with Gasteiger partial charge in [0.2, 0.25) is 0 Å². The van der Waals surface area contributed by atoms with Gasteiger partial charge in [-0.2, -0.15) is 0 Å². The first-order valence-electron chi connectivity index (χ1n) is 5.92. The molecule has 1 saturated heterocycles. The van der Waals surface area contributed by atoms with Crippen LogP contribution in [-0.4, -0.2) is 34.6 Å². The average molecular weight is 316 g/mol. The number of benzene rings is 1. The Morgan fingerprint density at radius 3 is 2.78 bits per heavy atom. The van der Waals surface area contributed by atoms with E-state index in [-0.39, 0.29) is 24.6 Å². The topological polar surface area (TPSA) is 40.5 Å². The van der Waals surface area contributed by atoms with Crippen molar-refractivity contribution in [2.24, 2.45) is 0 Å². The van der Waals surface area contributed by atoms with Gasteiger partial charge in [-0.05, 0) is 34.5 Å². The average Bonchev–Trinajstić information content (AvgIpc) is 2.25. The molecule has 1 aromatic rings. The molecule has 1 aromatic carbocycles. The Morgan fingerprint density at radius 1 is 1.56 bits per heavy atom. The number of carbonyl (C=O) groups excluding carboxylic acids is 1. The van der Waals surface area contributed by atoms with Crippen LogP contribution >= 0.6 is 15.9 Å². The fraction of sp³-hybridized carbons (Fsp3) is 0.462. The van der Waals surface area contributed by atoms with Crippen LogP contribution in [0.15, 0.2) is 22.7 Å². The molecule has 0 saturated carbocycles. The van der Waals surface area contributed by atoms with Crippen molar-refractivity contribution < 1.29 is 14.3 Å². The summed E-state index contributed by atoms with van der Waals surface area (Å²) in [5, 5.41) is 10.0. The van der Waals surface area contributed by atoms with Crippen molar-refractivity contribution in [3.63, 3.8) is 0 Å². The van der Waals surface area contributed by atoms with E-state index >= 15 is 0 Å². The summed E-state index contributed by atoms with van der Waals surface area (Å²) in [6.45, 7) is 2.54.